The normalized spacial score (nSPS) is 14.8. The molecule has 10 aromatic rings. The zero-order valence-corrected chi connectivity index (χ0v) is 25.9. The lowest BCUT2D eigenvalue weighted by Gasteiger charge is -2.18. The molecule has 1 heteroatoms. The van der Waals surface area contributed by atoms with Gasteiger partial charge in [0.1, 0.15) is 11.2 Å². The first kappa shape index (κ1) is 18.8. The lowest BCUT2D eigenvalue weighted by molar-refractivity contribution is 0.671. The summed E-state index contributed by atoms with van der Waals surface area (Å²) in [5.74, 6) is 0. The fourth-order valence-corrected chi connectivity index (χ4v) is 7.02. The van der Waals surface area contributed by atoms with Crippen molar-refractivity contribution in [2.45, 2.75) is 0 Å². The minimum Gasteiger partial charge on any atom is -0.455 e. The number of hydrogen-bond donors (Lipinski definition) is 0. The predicted octanol–water partition coefficient (Wildman–Crippen LogP) is 13.7. The van der Waals surface area contributed by atoms with E-state index in [1.165, 1.54) is 0 Å². The molecule has 0 saturated heterocycles. The van der Waals surface area contributed by atoms with Crippen molar-refractivity contribution in [2.24, 2.45) is 0 Å². The van der Waals surface area contributed by atoms with E-state index in [0.717, 1.165) is 49.4 Å². The van der Waals surface area contributed by atoms with Crippen molar-refractivity contribution in [1.82, 2.24) is 0 Å². The van der Waals surface area contributed by atoms with Gasteiger partial charge in [0, 0.05) is 27.5 Å². The van der Waals surface area contributed by atoms with Crippen LogP contribution in [0.1, 0.15) is 15.1 Å². The molecule has 228 valence electrons. The molecular formula is C48H30O. The SMILES string of the molecule is [2H]c1c([2H])c(-c2c3ccccc3c(-c3cccc4c3oc3c(-c5ccccc5)cccc34)c3ccccc23)c([2H])c([2H])c1-c1c([2H])c([2H])c2c([2H])c([2H])c([2H])c([2H])c2c1[2H]. The fourth-order valence-electron chi connectivity index (χ4n) is 7.02. The minimum absolute atomic E-state index is 0.00835. The van der Waals surface area contributed by atoms with Gasteiger partial charge in [-0.3, -0.25) is 0 Å². The highest BCUT2D eigenvalue weighted by Gasteiger charge is 2.21. The Kier molecular flexibility index (Phi) is 4.25. The quantitative estimate of drug-likeness (QED) is 0.176. The van der Waals surface area contributed by atoms with E-state index in [0.29, 0.717) is 21.9 Å². The Morgan fingerprint density at radius 3 is 1.53 bits per heavy atom. The van der Waals surface area contributed by atoms with Crippen LogP contribution in [0.15, 0.2) is 186 Å². The first-order valence-corrected chi connectivity index (χ1v) is 16.0. The number of fused-ring (bicyclic) bond motifs is 6. The van der Waals surface area contributed by atoms with Gasteiger partial charge in [-0.1, -0.05) is 176 Å². The van der Waals surface area contributed by atoms with Crippen LogP contribution in [0.25, 0.3) is 98.8 Å². The molecule has 9 aromatic carbocycles. The summed E-state index contributed by atoms with van der Waals surface area (Å²) >= 11 is 0. The third-order valence-electron chi connectivity index (χ3n) is 9.18. The van der Waals surface area contributed by atoms with E-state index in [9.17, 15) is 5.48 Å². The number of para-hydroxylation sites is 2. The first-order chi connectivity index (χ1) is 28.9. The summed E-state index contributed by atoms with van der Waals surface area (Å²) in [5.41, 5.74) is 4.80. The largest absolute Gasteiger partial charge is 0.455 e. The van der Waals surface area contributed by atoms with Gasteiger partial charge >= 0.3 is 0 Å². The molecule has 0 atom stereocenters. The molecule has 0 N–H and O–H groups in total. The average Bonchev–Trinajstić information content (AvgIpc) is 3.66. The maximum absolute atomic E-state index is 9.49. The van der Waals surface area contributed by atoms with Crippen LogP contribution in [-0.2, 0) is 0 Å². The Balaban J connectivity index is 1.26. The Hall–Kier alpha value is -6.44. The van der Waals surface area contributed by atoms with Gasteiger partial charge < -0.3 is 4.42 Å². The molecule has 10 rings (SSSR count). The Labute approximate surface area is 299 Å². The van der Waals surface area contributed by atoms with Gasteiger partial charge in [-0.05, 0) is 66.2 Å². The minimum atomic E-state index is -0.637. The van der Waals surface area contributed by atoms with Crippen molar-refractivity contribution in [1.29, 1.82) is 0 Å². The predicted molar refractivity (Wildman–Crippen MR) is 208 cm³/mol. The van der Waals surface area contributed by atoms with Crippen LogP contribution in [0, 0.1) is 0 Å². The van der Waals surface area contributed by atoms with Crippen LogP contribution in [0.3, 0.4) is 0 Å². The number of hydrogen-bond acceptors (Lipinski definition) is 1. The lowest BCUT2D eigenvalue weighted by Crippen LogP contribution is -1.91. The second kappa shape index (κ2) is 11.1. The van der Waals surface area contributed by atoms with Gasteiger partial charge in [-0.25, -0.2) is 0 Å². The summed E-state index contributed by atoms with van der Waals surface area (Å²) in [6.45, 7) is 0. The average molecular weight is 634 g/mol. The molecule has 0 aliphatic heterocycles. The summed E-state index contributed by atoms with van der Waals surface area (Å²) in [4.78, 5) is 0. The van der Waals surface area contributed by atoms with Crippen LogP contribution in [0.5, 0.6) is 0 Å². The topological polar surface area (TPSA) is 13.1 Å². The monoisotopic (exact) mass is 633 g/mol. The smallest absolute Gasteiger partial charge is 0.143 e. The third-order valence-corrected chi connectivity index (χ3v) is 9.18. The summed E-state index contributed by atoms with van der Waals surface area (Å²) < 4.78 is 105. The Bertz CT molecular complexity index is 3420. The molecule has 0 aliphatic rings. The van der Waals surface area contributed by atoms with Crippen molar-refractivity contribution in [3.8, 4) is 44.5 Å². The van der Waals surface area contributed by atoms with Gasteiger partial charge in [0.25, 0.3) is 0 Å². The van der Waals surface area contributed by atoms with Crippen LogP contribution in [0.4, 0.5) is 0 Å². The van der Waals surface area contributed by atoms with Crippen LogP contribution in [-0.4, -0.2) is 0 Å². The zero-order chi connectivity index (χ0) is 41.9. The molecular weight excluding hydrogens is 593 g/mol. The second-order valence-electron chi connectivity index (χ2n) is 11.9. The molecule has 0 saturated carbocycles. The maximum Gasteiger partial charge on any atom is 0.143 e. The van der Waals surface area contributed by atoms with E-state index in [1.807, 2.05) is 97.1 Å². The van der Waals surface area contributed by atoms with Crippen molar-refractivity contribution in [3.63, 3.8) is 0 Å². The van der Waals surface area contributed by atoms with Gasteiger partial charge in [-0.15, -0.1) is 0 Å². The summed E-state index contributed by atoms with van der Waals surface area (Å²) in [6, 6.07) is 31.3. The molecule has 0 radical (unpaired) electrons. The van der Waals surface area contributed by atoms with E-state index in [-0.39, 0.29) is 16.3 Å². The van der Waals surface area contributed by atoms with Crippen molar-refractivity contribution >= 4 is 54.3 Å². The summed E-state index contributed by atoms with van der Waals surface area (Å²) in [6.07, 6.45) is 0. The maximum atomic E-state index is 9.49. The van der Waals surface area contributed by atoms with Crippen LogP contribution >= 0.6 is 0 Å². The number of rotatable bonds is 4. The molecule has 1 aromatic heterocycles. The van der Waals surface area contributed by atoms with Crippen LogP contribution in [0.2, 0.25) is 0 Å². The molecule has 0 fully saturated rings. The third kappa shape index (κ3) is 4.40. The molecule has 0 aliphatic carbocycles. The highest BCUT2D eigenvalue weighted by Crippen LogP contribution is 2.47. The molecule has 1 nitrogen and oxygen atoms in total. The van der Waals surface area contributed by atoms with Crippen molar-refractivity contribution in [2.75, 3.05) is 0 Å². The van der Waals surface area contributed by atoms with E-state index in [2.05, 4.69) is 18.2 Å². The highest BCUT2D eigenvalue weighted by atomic mass is 16.3. The fraction of sp³-hybridized carbons (Fsp3) is 0. The molecule has 49 heavy (non-hydrogen) atoms. The summed E-state index contributed by atoms with van der Waals surface area (Å²) in [5, 5.41) is 4.15. The standard InChI is InChI=1S/C48H30O/c1-2-13-33(14-3-1)37-20-10-21-42-43-22-11-23-44(48(43)49-47(37)42)46-40-18-8-6-16-38(40)45(39-17-7-9-19-41(39)46)34-27-24-32(25-28-34)36-29-26-31-12-4-5-15-35(31)30-36/h1-30H/i4D,5D,12D,15D,24D,25D,26D,27D,28D,29D,30D. The number of benzene rings is 9. The van der Waals surface area contributed by atoms with Crippen molar-refractivity contribution < 1.29 is 19.5 Å². The van der Waals surface area contributed by atoms with Gasteiger partial charge in [0.05, 0.1) is 15.1 Å². The van der Waals surface area contributed by atoms with Crippen LogP contribution < -0.4 is 0 Å². The first-order valence-electron chi connectivity index (χ1n) is 21.5. The lowest BCUT2D eigenvalue weighted by atomic mass is 9.85. The summed E-state index contributed by atoms with van der Waals surface area (Å²) in [7, 11) is 0. The van der Waals surface area contributed by atoms with Gasteiger partial charge in [0.2, 0.25) is 0 Å². The highest BCUT2D eigenvalue weighted by molar-refractivity contribution is 6.24. The zero-order valence-electron chi connectivity index (χ0n) is 36.9. The second-order valence-corrected chi connectivity index (χ2v) is 11.9. The molecule has 0 amide bonds. The van der Waals surface area contributed by atoms with Gasteiger partial charge in [-0.2, -0.15) is 0 Å². The molecule has 1 heterocycles. The van der Waals surface area contributed by atoms with E-state index < -0.39 is 77.6 Å². The van der Waals surface area contributed by atoms with E-state index >= 15 is 0 Å². The Morgan fingerprint density at radius 1 is 0.347 bits per heavy atom. The van der Waals surface area contributed by atoms with Crippen molar-refractivity contribution in [3.05, 3.63) is 182 Å². The Morgan fingerprint density at radius 2 is 0.857 bits per heavy atom. The van der Waals surface area contributed by atoms with E-state index in [1.54, 1.807) is 0 Å². The molecule has 0 spiro atoms. The molecule has 0 bridgehead atoms. The number of furan rings is 1. The van der Waals surface area contributed by atoms with E-state index in [4.69, 9.17) is 14.0 Å². The molecule has 0 unspecified atom stereocenters. The van der Waals surface area contributed by atoms with Gasteiger partial charge in [0.15, 0.2) is 0 Å².